The minimum Gasteiger partial charge on any atom is -0.489 e. The van der Waals surface area contributed by atoms with Crippen molar-refractivity contribution in [3.8, 4) is 5.75 Å². The Morgan fingerprint density at radius 1 is 1.29 bits per heavy atom. The SMILES string of the molecule is C=CCOc1cc(SCc2cc(CO)nn2C)cc2ccccc12. The lowest BCUT2D eigenvalue weighted by Crippen LogP contribution is -1.97. The first kappa shape index (κ1) is 16.6. The number of fused-ring (bicyclic) bond motifs is 1. The Bertz CT molecular complexity index is 858. The van der Waals surface area contributed by atoms with Crippen LogP contribution in [0.3, 0.4) is 0 Å². The number of hydrogen-bond acceptors (Lipinski definition) is 4. The standard InChI is InChI=1S/C19H20N2O2S/c1-3-8-23-19-11-17(9-14-6-4-5-7-18(14)19)24-13-16-10-15(12-22)20-21(16)2/h3-7,9-11,22H,1,8,12-13H2,2H3. The number of aryl methyl sites for hydroxylation is 1. The lowest BCUT2D eigenvalue weighted by Gasteiger charge is -2.11. The van der Waals surface area contributed by atoms with Crippen LogP contribution in [0.5, 0.6) is 5.75 Å². The van der Waals surface area contributed by atoms with Crippen LogP contribution in [0.15, 0.2) is 60.0 Å². The highest BCUT2D eigenvalue weighted by molar-refractivity contribution is 7.98. The molecule has 1 N–H and O–H groups in total. The van der Waals surface area contributed by atoms with Crippen LogP contribution in [0, 0.1) is 0 Å². The van der Waals surface area contributed by atoms with Gasteiger partial charge in [-0.15, -0.1) is 11.8 Å². The van der Waals surface area contributed by atoms with Gasteiger partial charge in [-0.2, -0.15) is 5.10 Å². The van der Waals surface area contributed by atoms with Crippen molar-refractivity contribution in [1.29, 1.82) is 0 Å². The molecule has 0 spiro atoms. The molecule has 0 aliphatic heterocycles. The van der Waals surface area contributed by atoms with E-state index in [2.05, 4.69) is 35.9 Å². The van der Waals surface area contributed by atoms with Crippen LogP contribution in [-0.2, 0) is 19.4 Å². The van der Waals surface area contributed by atoms with E-state index >= 15 is 0 Å². The molecular formula is C19H20N2O2S. The summed E-state index contributed by atoms with van der Waals surface area (Å²) in [6.45, 7) is 4.17. The summed E-state index contributed by atoms with van der Waals surface area (Å²) in [6.07, 6.45) is 1.75. The maximum Gasteiger partial charge on any atom is 0.128 e. The second kappa shape index (κ2) is 7.55. The minimum atomic E-state index is -0.0337. The van der Waals surface area contributed by atoms with Gasteiger partial charge in [-0.25, -0.2) is 0 Å². The molecular weight excluding hydrogens is 320 g/mol. The number of benzene rings is 2. The van der Waals surface area contributed by atoms with E-state index in [4.69, 9.17) is 4.74 Å². The molecule has 2 aromatic carbocycles. The van der Waals surface area contributed by atoms with Crippen molar-refractivity contribution in [2.24, 2.45) is 7.05 Å². The number of nitrogens with zero attached hydrogens (tertiary/aromatic N) is 2. The maximum atomic E-state index is 9.19. The van der Waals surface area contributed by atoms with Gasteiger partial charge in [0.2, 0.25) is 0 Å². The van der Waals surface area contributed by atoms with Gasteiger partial charge in [-0.3, -0.25) is 4.68 Å². The second-order valence-electron chi connectivity index (χ2n) is 5.44. The second-order valence-corrected chi connectivity index (χ2v) is 6.49. The molecule has 24 heavy (non-hydrogen) atoms. The van der Waals surface area contributed by atoms with Gasteiger partial charge < -0.3 is 9.84 Å². The van der Waals surface area contributed by atoms with Crippen LogP contribution >= 0.6 is 11.8 Å². The van der Waals surface area contributed by atoms with E-state index in [0.717, 1.165) is 32.9 Å². The van der Waals surface area contributed by atoms with Crippen LogP contribution in [0.4, 0.5) is 0 Å². The van der Waals surface area contributed by atoms with E-state index in [-0.39, 0.29) is 6.61 Å². The lowest BCUT2D eigenvalue weighted by atomic mass is 10.1. The van der Waals surface area contributed by atoms with E-state index in [1.54, 1.807) is 17.8 Å². The summed E-state index contributed by atoms with van der Waals surface area (Å²) in [5.74, 6) is 1.65. The Hall–Kier alpha value is -2.24. The van der Waals surface area contributed by atoms with Gasteiger partial charge >= 0.3 is 0 Å². The minimum absolute atomic E-state index is 0.0337. The fraction of sp³-hybridized carbons (Fsp3) is 0.211. The predicted octanol–water partition coefficient (Wildman–Crippen LogP) is 3.92. The number of aliphatic hydroxyl groups is 1. The van der Waals surface area contributed by atoms with E-state index in [0.29, 0.717) is 12.3 Å². The maximum absolute atomic E-state index is 9.19. The van der Waals surface area contributed by atoms with Gasteiger partial charge in [0, 0.05) is 28.8 Å². The topological polar surface area (TPSA) is 47.3 Å². The molecule has 0 aliphatic carbocycles. The molecule has 0 radical (unpaired) electrons. The van der Waals surface area contributed by atoms with E-state index in [9.17, 15) is 5.11 Å². The predicted molar refractivity (Wildman–Crippen MR) is 98.3 cm³/mol. The van der Waals surface area contributed by atoms with Crippen molar-refractivity contribution in [2.45, 2.75) is 17.3 Å². The Labute approximate surface area is 145 Å². The summed E-state index contributed by atoms with van der Waals surface area (Å²) >= 11 is 1.73. The molecule has 0 aliphatic rings. The summed E-state index contributed by atoms with van der Waals surface area (Å²) < 4.78 is 7.64. The lowest BCUT2D eigenvalue weighted by molar-refractivity contribution is 0.275. The van der Waals surface area contributed by atoms with Gasteiger partial charge in [-0.05, 0) is 23.6 Å². The van der Waals surface area contributed by atoms with Crippen molar-refractivity contribution in [3.63, 3.8) is 0 Å². The normalized spacial score (nSPS) is 10.9. The number of hydrogen-bond donors (Lipinski definition) is 1. The molecule has 0 atom stereocenters. The number of thioether (sulfide) groups is 1. The Morgan fingerprint density at radius 3 is 2.88 bits per heavy atom. The summed E-state index contributed by atoms with van der Waals surface area (Å²) in [5.41, 5.74) is 1.77. The van der Waals surface area contributed by atoms with Crippen molar-refractivity contribution >= 4 is 22.5 Å². The van der Waals surface area contributed by atoms with E-state index in [1.165, 1.54) is 0 Å². The summed E-state index contributed by atoms with van der Waals surface area (Å²) in [4.78, 5) is 1.14. The molecule has 5 heteroatoms. The first-order chi connectivity index (χ1) is 11.7. The number of ether oxygens (including phenoxy) is 1. The van der Waals surface area contributed by atoms with Gasteiger partial charge in [0.15, 0.2) is 0 Å². The largest absolute Gasteiger partial charge is 0.489 e. The summed E-state index contributed by atoms with van der Waals surface area (Å²) in [7, 11) is 1.90. The molecule has 124 valence electrons. The fourth-order valence-corrected chi connectivity index (χ4v) is 3.53. The van der Waals surface area contributed by atoms with E-state index < -0.39 is 0 Å². The molecule has 0 bridgehead atoms. The third-order valence-electron chi connectivity index (χ3n) is 3.73. The van der Waals surface area contributed by atoms with Crippen LogP contribution in [0.2, 0.25) is 0 Å². The first-order valence-corrected chi connectivity index (χ1v) is 8.71. The van der Waals surface area contributed by atoms with Gasteiger partial charge in [0.1, 0.15) is 12.4 Å². The first-order valence-electron chi connectivity index (χ1n) is 7.73. The van der Waals surface area contributed by atoms with E-state index in [1.807, 2.05) is 29.9 Å². The monoisotopic (exact) mass is 340 g/mol. The number of aliphatic hydroxyl groups excluding tert-OH is 1. The van der Waals surface area contributed by atoms with Crippen LogP contribution in [-0.4, -0.2) is 21.5 Å². The van der Waals surface area contributed by atoms with Crippen molar-refractivity contribution in [3.05, 3.63) is 66.5 Å². The molecule has 3 aromatic rings. The highest BCUT2D eigenvalue weighted by Crippen LogP contribution is 2.33. The highest BCUT2D eigenvalue weighted by atomic mass is 32.2. The molecule has 1 heterocycles. The zero-order valence-electron chi connectivity index (χ0n) is 13.6. The molecule has 0 unspecified atom stereocenters. The third kappa shape index (κ3) is 3.63. The number of rotatable bonds is 7. The van der Waals surface area contributed by atoms with Gasteiger partial charge in [0.25, 0.3) is 0 Å². The van der Waals surface area contributed by atoms with Crippen LogP contribution in [0.1, 0.15) is 11.4 Å². The zero-order chi connectivity index (χ0) is 16.9. The molecule has 0 saturated heterocycles. The van der Waals surface area contributed by atoms with Gasteiger partial charge in [-0.1, -0.05) is 36.9 Å². The average molecular weight is 340 g/mol. The Morgan fingerprint density at radius 2 is 2.12 bits per heavy atom. The van der Waals surface area contributed by atoms with Gasteiger partial charge in [0.05, 0.1) is 12.3 Å². The quantitative estimate of drug-likeness (QED) is 0.523. The summed E-state index contributed by atoms with van der Waals surface area (Å²) in [6, 6.07) is 14.4. The molecule has 0 fully saturated rings. The highest BCUT2D eigenvalue weighted by Gasteiger charge is 2.08. The smallest absolute Gasteiger partial charge is 0.128 e. The fourth-order valence-electron chi connectivity index (χ4n) is 2.54. The molecule has 0 amide bonds. The van der Waals surface area contributed by atoms with Crippen molar-refractivity contribution in [1.82, 2.24) is 9.78 Å². The molecule has 3 rings (SSSR count). The van der Waals surface area contributed by atoms with Crippen LogP contribution < -0.4 is 4.74 Å². The average Bonchev–Trinajstić information content (AvgIpc) is 2.98. The van der Waals surface area contributed by atoms with Crippen LogP contribution in [0.25, 0.3) is 10.8 Å². The Balaban J connectivity index is 1.85. The van der Waals surface area contributed by atoms with Crippen molar-refractivity contribution in [2.75, 3.05) is 6.61 Å². The zero-order valence-corrected chi connectivity index (χ0v) is 14.4. The Kier molecular flexibility index (Phi) is 5.23. The molecule has 4 nitrogen and oxygen atoms in total. The third-order valence-corrected chi connectivity index (χ3v) is 4.74. The number of aromatic nitrogens is 2. The molecule has 0 saturated carbocycles. The summed E-state index contributed by atoms with van der Waals surface area (Å²) in [5, 5.41) is 15.7. The van der Waals surface area contributed by atoms with Crippen molar-refractivity contribution < 1.29 is 9.84 Å². The molecule has 1 aromatic heterocycles.